The third-order valence-corrected chi connectivity index (χ3v) is 4.56. The van der Waals surface area contributed by atoms with Gasteiger partial charge < -0.3 is 9.72 Å². The van der Waals surface area contributed by atoms with Crippen molar-refractivity contribution in [2.45, 2.75) is 6.92 Å². The summed E-state index contributed by atoms with van der Waals surface area (Å²) >= 11 is 1.52. The van der Waals surface area contributed by atoms with Crippen molar-refractivity contribution in [3.8, 4) is 5.88 Å². The van der Waals surface area contributed by atoms with Crippen LogP contribution in [0.15, 0.2) is 42.0 Å². The van der Waals surface area contributed by atoms with E-state index in [9.17, 15) is 4.79 Å². The van der Waals surface area contributed by atoms with Crippen LogP contribution in [-0.4, -0.2) is 27.3 Å². The molecule has 0 fully saturated rings. The summed E-state index contributed by atoms with van der Waals surface area (Å²) in [6.45, 7) is 1.85. The topological polar surface area (TPSA) is 67.9 Å². The van der Waals surface area contributed by atoms with Gasteiger partial charge in [0.25, 0.3) is 0 Å². The van der Waals surface area contributed by atoms with Gasteiger partial charge >= 0.3 is 0 Å². The fourth-order valence-electron chi connectivity index (χ4n) is 2.72. The van der Waals surface area contributed by atoms with Crippen molar-refractivity contribution in [3.05, 3.63) is 53.3 Å². The number of aryl methyl sites for hydroxylation is 1. The highest BCUT2D eigenvalue weighted by atomic mass is 32.1. The molecule has 0 aliphatic heterocycles. The smallest absolute Gasteiger partial charge is 0.225 e. The number of nitrogens with zero attached hydrogens (tertiary/aromatic N) is 2. The second-order valence-corrected chi connectivity index (χ2v) is 6.10. The monoisotopic (exact) mass is 323 g/mol. The number of nitrogens with one attached hydrogen (secondary N) is 1. The minimum Gasteiger partial charge on any atom is -0.469 e. The van der Waals surface area contributed by atoms with Crippen LogP contribution >= 0.6 is 11.3 Å². The van der Waals surface area contributed by atoms with Crippen LogP contribution < -0.4 is 4.74 Å². The lowest BCUT2D eigenvalue weighted by molar-refractivity contribution is 0.0920. The average Bonchev–Trinajstić information content (AvgIpc) is 3.15. The Labute approximate surface area is 136 Å². The van der Waals surface area contributed by atoms with E-state index in [1.807, 2.05) is 42.6 Å². The number of hydrogen-bond acceptors (Lipinski definition) is 5. The van der Waals surface area contributed by atoms with Gasteiger partial charge in [-0.3, -0.25) is 4.79 Å². The zero-order valence-electron chi connectivity index (χ0n) is 12.4. The number of carbonyl (C=O) groups excluding carboxylic acids is 1. The number of ketones is 1. The summed E-state index contributed by atoms with van der Waals surface area (Å²) < 4.78 is 5.66. The largest absolute Gasteiger partial charge is 0.469 e. The van der Waals surface area contributed by atoms with Crippen LogP contribution in [0, 0.1) is 6.92 Å². The summed E-state index contributed by atoms with van der Waals surface area (Å²) in [6, 6.07) is 9.66. The summed E-state index contributed by atoms with van der Waals surface area (Å²) in [7, 11) is 0. The molecule has 1 aromatic carbocycles. The van der Waals surface area contributed by atoms with E-state index in [-0.39, 0.29) is 12.4 Å². The molecule has 0 unspecified atom stereocenters. The summed E-state index contributed by atoms with van der Waals surface area (Å²) in [4.78, 5) is 25.0. The maximum atomic E-state index is 12.6. The van der Waals surface area contributed by atoms with Gasteiger partial charge in [-0.1, -0.05) is 18.2 Å². The maximum Gasteiger partial charge on any atom is 0.225 e. The minimum atomic E-state index is -0.0676. The van der Waals surface area contributed by atoms with Gasteiger partial charge in [0, 0.05) is 22.2 Å². The molecule has 0 bridgehead atoms. The molecule has 0 radical (unpaired) electrons. The number of aromatic nitrogens is 3. The van der Waals surface area contributed by atoms with Gasteiger partial charge in [0.05, 0.1) is 5.39 Å². The molecule has 6 heteroatoms. The quantitative estimate of drug-likeness (QED) is 0.581. The van der Waals surface area contributed by atoms with E-state index >= 15 is 0 Å². The second kappa shape index (κ2) is 5.48. The standard InChI is InChI=1S/C17H13N3O2S/c1-10-15(11-4-2-3-5-13(11)20-10)14(21)8-22-16-12-6-7-23-17(12)19-9-18-16/h2-7,9,20H,8H2,1H3. The van der Waals surface area contributed by atoms with Crippen LogP contribution in [0.2, 0.25) is 0 Å². The van der Waals surface area contributed by atoms with Gasteiger partial charge in [0.1, 0.15) is 11.2 Å². The fourth-order valence-corrected chi connectivity index (χ4v) is 3.45. The zero-order chi connectivity index (χ0) is 15.8. The number of hydrogen-bond donors (Lipinski definition) is 1. The van der Waals surface area contributed by atoms with Crippen LogP contribution in [0.4, 0.5) is 0 Å². The lowest BCUT2D eigenvalue weighted by atomic mass is 10.1. The molecule has 0 amide bonds. The first-order valence-corrected chi connectivity index (χ1v) is 8.03. The summed E-state index contributed by atoms with van der Waals surface area (Å²) in [6.07, 6.45) is 1.45. The van der Waals surface area contributed by atoms with Crippen molar-refractivity contribution in [1.29, 1.82) is 0 Å². The van der Waals surface area contributed by atoms with Gasteiger partial charge in [-0.2, -0.15) is 0 Å². The fraction of sp³-hybridized carbons (Fsp3) is 0.118. The molecule has 3 aromatic heterocycles. The Morgan fingerprint density at radius 2 is 2.09 bits per heavy atom. The molecule has 0 saturated heterocycles. The third kappa shape index (κ3) is 2.37. The normalized spacial score (nSPS) is 11.2. The Morgan fingerprint density at radius 1 is 1.22 bits per heavy atom. The van der Waals surface area contributed by atoms with Crippen LogP contribution in [0.25, 0.3) is 21.1 Å². The van der Waals surface area contributed by atoms with Crippen molar-refractivity contribution in [2.75, 3.05) is 6.61 Å². The van der Waals surface area contributed by atoms with Gasteiger partial charge in [-0.05, 0) is 24.4 Å². The Balaban J connectivity index is 1.63. The van der Waals surface area contributed by atoms with Crippen LogP contribution in [0.3, 0.4) is 0 Å². The molecule has 0 spiro atoms. The predicted octanol–water partition coefficient (Wildman–Crippen LogP) is 3.74. The van der Waals surface area contributed by atoms with Crippen molar-refractivity contribution >= 4 is 38.2 Å². The molecule has 23 heavy (non-hydrogen) atoms. The van der Waals surface area contributed by atoms with Crippen LogP contribution in [0.1, 0.15) is 16.1 Å². The van der Waals surface area contributed by atoms with E-state index in [1.54, 1.807) is 0 Å². The van der Waals surface area contributed by atoms with E-state index in [4.69, 9.17) is 4.74 Å². The number of thiophene rings is 1. The molecule has 0 aliphatic rings. The SMILES string of the molecule is Cc1[nH]c2ccccc2c1C(=O)COc1ncnc2sccc12. The zero-order valence-corrected chi connectivity index (χ0v) is 13.2. The Morgan fingerprint density at radius 3 is 3.00 bits per heavy atom. The molecule has 4 rings (SSSR count). The van der Waals surface area contributed by atoms with E-state index in [0.717, 1.165) is 26.8 Å². The Hall–Kier alpha value is -2.73. The van der Waals surface area contributed by atoms with Crippen LogP contribution in [0.5, 0.6) is 5.88 Å². The molecular formula is C17H13N3O2S. The highest BCUT2D eigenvalue weighted by molar-refractivity contribution is 7.16. The Bertz CT molecular complexity index is 1020. The van der Waals surface area contributed by atoms with Gasteiger partial charge in [-0.15, -0.1) is 11.3 Å². The van der Waals surface area contributed by atoms with Gasteiger partial charge in [-0.25, -0.2) is 9.97 Å². The summed E-state index contributed by atoms with van der Waals surface area (Å²) in [5, 5.41) is 3.68. The van der Waals surface area contributed by atoms with Crippen LogP contribution in [-0.2, 0) is 0 Å². The molecule has 0 atom stereocenters. The number of ether oxygens (including phenoxy) is 1. The number of aromatic amines is 1. The molecule has 0 aliphatic carbocycles. The third-order valence-electron chi connectivity index (χ3n) is 3.74. The molecule has 3 heterocycles. The highest BCUT2D eigenvalue weighted by Crippen LogP contribution is 2.26. The van der Waals surface area contributed by atoms with E-state index in [0.29, 0.717) is 11.4 Å². The lowest BCUT2D eigenvalue weighted by Crippen LogP contribution is -2.13. The average molecular weight is 323 g/mol. The first-order chi connectivity index (χ1) is 11.2. The summed E-state index contributed by atoms with van der Waals surface area (Å²) in [5.41, 5.74) is 2.48. The summed E-state index contributed by atoms with van der Waals surface area (Å²) in [5.74, 6) is 0.379. The number of H-pyrrole nitrogens is 1. The number of fused-ring (bicyclic) bond motifs is 2. The molecule has 1 N–H and O–H groups in total. The minimum absolute atomic E-state index is 0.0509. The lowest BCUT2D eigenvalue weighted by Gasteiger charge is -2.05. The van der Waals surface area contributed by atoms with Gasteiger partial charge in [0.2, 0.25) is 11.7 Å². The van der Waals surface area contributed by atoms with Gasteiger partial charge in [0.15, 0.2) is 6.61 Å². The number of carbonyl (C=O) groups is 1. The van der Waals surface area contributed by atoms with Crippen molar-refractivity contribution < 1.29 is 9.53 Å². The predicted molar refractivity (Wildman–Crippen MR) is 90.3 cm³/mol. The number of rotatable bonds is 4. The van der Waals surface area contributed by atoms with E-state index in [1.165, 1.54) is 17.7 Å². The molecular weight excluding hydrogens is 310 g/mol. The number of para-hydroxylation sites is 1. The number of benzene rings is 1. The first kappa shape index (κ1) is 13.9. The second-order valence-electron chi connectivity index (χ2n) is 5.20. The molecule has 4 aromatic rings. The highest BCUT2D eigenvalue weighted by Gasteiger charge is 2.17. The number of Topliss-reactive ketones (excluding diaryl/α,β-unsaturated/α-hetero) is 1. The van der Waals surface area contributed by atoms with Crippen molar-refractivity contribution in [1.82, 2.24) is 15.0 Å². The van der Waals surface area contributed by atoms with E-state index < -0.39 is 0 Å². The maximum absolute atomic E-state index is 12.6. The van der Waals surface area contributed by atoms with Crippen molar-refractivity contribution in [2.24, 2.45) is 0 Å². The first-order valence-electron chi connectivity index (χ1n) is 7.15. The van der Waals surface area contributed by atoms with Crippen molar-refractivity contribution in [3.63, 3.8) is 0 Å². The van der Waals surface area contributed by atoms with E-state index in [2.05, 4.69) is 15.0 Å². The Kier molecular flexibility index (Phi) is 3.31. The molecule has 114 valence electrons. The molecule has 5 nitrogen and oxygen atoms in total. The molecule has 0 saturated carbocycles.